The number of rotatable bonds is 7. The lowest BCUT2D eigenvalue weighted by molar-refractivity contribution is 0.0945. The van der Waals surface area contributed by atoms with Crippen molar-refractivity contribution < 1.29 is 9.53 Å². The van der Waals surface area contributed by atoms with Crippen molar-refractivity contribution >= 4 is 17.5 Å². The molecule has 0 atom stereocenters. The second-order valence-corrected chi connectivity index (χ2v) is 6.81. The minimum atomic E-state index is -0.229. The molecule has 6 heteroatoms. The van der Waals surface area contributed by atoms with Crippen molar-refractivity contribution in [2.24, 2.45) is 0 Å². The molecule has 0 fully saturated rings. The van der Waals surface area contributed by atoms with Crippen molar-refractivity contribution in [1.82, 2.24) is 15.3 Å². The van der Waals surface area contributed by atoms with Crippen LogP contribution in [0.25, 0.3) is 0 Å². The maximum atomic E-state index is 12.7. The molecule has 0 aliphatic heterocycles. The Kier molecular flexibility index (Phi) is 6.44. The third-order valence-electron chi connectivity index (χ3n) is 4.56. The quantitative estimate of drug-likeness (QED) is 0.655. The number of carbonyl (C=O) groups excluding carboxylic acids is 1. The van der Waals surface area contributed by atoms with Crippen molar-refractivity contribution in [2.75, 3.05) is 18.6 Å². The highest BCUT2D eigenvalue weighted by molar-refractivity contribution is 5.92. The summed E-state index contributed by atoms with van der Waals surface area (Å²) in [4.78, 5) is 23.8. The van der Waals surface area contributed by atoms with Crippen molar-refractivity contribution in [1.29, 1.82) is 0 Å². The number of benzene rings is 2. The van der Waals surface area contributed by atoms with Gasteiger partial charge in [0.25, 0.3) is 5.91 Å². The topological polar surface area (TPSA) is 67.4 Å². The third kappa shape index (κ3) is 5.10. The first-order valence-corrected chi connectivity index (χ1v) is 9.61. The van der Waals surface area contributed by atoms with Gasteiger partial charge in [-0.15, -0.1) is 0 Å². The number of nitrogens with zero attached hydrogens (tertiary/aromatic N) is 3. The van der Waals surface area contributed by atoms with Gasteiger partial charge in [0.1, 0.15) is 11.4 Å². The number of anilines is 2. The largest absolute Gasteiger partial charge is 0.497 e. The van der Waals surface area contributed by atoms with E-state index >= 15 is 0 Å². The van der Waals surface area contributed by atoms with Crippen LogP contribution in [0.3, 0.4) is 0 Å². The van der Waals surface area contributed by atoms with Crippen LogP contribution < -0.4 is 15.0 Å². The molecule has 1 heterocycles. The number of hydrogen-bond acceptors (Lipinski definition) is 5. The predicted octanol–water partition coefficient (Wildman–Crippen LogP) is 4.19. The fraction of sp³-hybridized carbons (Fsp3) is 0.261. The Morgan fingerprint density at radius 1 is 1.07 bits per heavy atom. The highest BCUT2D eigenvalue weighted by Gasteiger charge is 2.15. The van der Waals surface area contributed by atoms with Crippen LogP contribution in [0.5, 0.6) is 5.75 Å². The van der Waals surface area contributed by atoms with Gasteiger partial charge in [0.2, 0.25) is 5.95 Å². The molecule has 0 saturated carbocycles. The summed E-state index contributed by atoms with van der Waals surface area (Å²) in [5.74, 6) is 1.08. The third-order valence-corrected chi connectivity index (χ3v) is 4.56. The number of aryl methyl sites for hydroxylation is 2. The van der Waals surface area contributed by atoms with Crippen LogP contribution in [-0.4, -0.2) is 29.5 Å². The van der Waals surface area contributed by atoms with E-state index in [2.05, 4.69) is 21.4 Å². The van der Waals surface area contributed by atoms with Crippen molar-refractivity contribution in [3.63, 3.8) is 0 Å². The van der Waals surface area contributed by atoms with Gasteiger partial charge in [-0.1, -0.05) is 24.3 Å². The summed E-state index contributed by atoms with van der Waals surface area (Å²) in [6.45, 7) is 7.07. The molecule has 0 saturated heterocycles. The number of methoxy groups -OCH3 is 1. The van der Waals surface area contributed by atoms with E-state index in [0.717, 1.165) is 28.3 Å². The lowest BCUT2D eigenvalue weighted by Crippen LogP contribution is -2.26. The number of amides is 1. The van der Waals surface area contributed by atoms with Crippen molar-refractivity contribution in [3.05, 3.63) is 77.1 Å². The SMILES string of the molecule is CCN(c1cccc(C)c1)c1nc(C)cc(C(=O)NCc2ccc(OC)cc2)n1. The highest BCUT2D eigenvalue weighted by Crippen LogP contribution is 2.23. The number of hydrogen-bond donors (Lipinski definition) is 1. The first kappa shape index (κ1) is 20.3. The molecule has 0 aliphatic carbocycles. The Morgan fingerprint density at radius 2 is 1.83 bits per heavy atom. The summed E-state index contributed by atoms with van der Waals surface area (Å²) >= 11 is 0. The maximum Gasteiger partial charge on any atom is 0.270 e. The lowest BCUT2D eigenvalue weighted by atomic mass is 10.2. The molecule has 150 valence electrons. The Labute approximate surface area is 171 Å². The molecule has 0 spiro atoms. The van der Waals surface area contributed by atoms with Crippen LogP contribution in [0, 0.1) is 13.8 Å². The highest BCUT2D eigenvalue weighted by atomic mass is 16.5. The minimum absolute atomic E-state index is 0.229. The van der Waals surface area contributed by atoms with E-state index in [-0.39, 0.29) is 5.91 Å². The zero-order chi connectivity index (χ0) is 20.8. The molecule has 0 unspecified atom stereocenters. The molecule has 0 bridgehead atoms. The molecular formula is C23H26N4O2. The number of ether oxygens (including phenoxy) is 1. The van der Waals surface area contributed by atoms with Gasteiger partial charge in [-0.05, 0) is 62.2 Å². The van der Waals surface area contributed by atoms with E-state index in [1.165, 1.54) is 0 Å². The first-order valence-electron chi connectivity index (χ1n) is 9.61. The molecule has 3 rings (SSSR count). The molecule has 3 aromatic rings. The molecule has 1 aromatic heterocycles. The number of carbonyl (C=O) groups is 1. The second-order valence-electron chi connectivity index (χ2n) is 6.81. The maximum absolute atomic E-state index is 12.7. The Morgan fingerprint density at radius 3 is 2.48 bits per heavy atom. The summed E-state index contributed by atoms with van der Waals surface area (Å²) in [6.07, 6.45) is 0. The molecule has 6 nitrogen and oxygen atoms in total. The van der Waals surface area contributed by atoms with E-state index in [4.69, 9.17) is 4.74 Å². The van der Waals surface area contributed by atoms with Crippen LogP contribution in [0.1, 0.15) is 34.2 Å². The molecule has 2 aromatic carbocycles. The summed E-state index contributed by atoms with van der Waals surface area (Å²) in [5, 5.41) is 2.92. The molecular weight excluding hydrogens is 364 g/mol. The molecule has 29 heavy (non-hydrogen) atoms. The van der Waals surface area contributed by atoms with E-state index in [9.17, 15) is 4.79 Å². The zero-order valence-electron chi connectivity index (χ0n) is 17.3. The van der Waals surface area contributed by atoms with E-state index in [0.29, 0.717) is 24.7 Å². The van der Waals surface area contributed by atoms with Gasteiger partial charge >= 0.3 is 0 Å². The summed E-state index contributed by atoms with van der Waals surface area (Å²) in [7, 11) is 1.63. The summed E-state index contributed by atoms with van der Waals surface area (Å²) in [6, 6.07) is 17.4. The average Bonchev–Trinajstić information content (AvgIpc) is 2.72. The zero-order valence-corrected chi connectivity index (χ0v) is 17.3. The molecule has 0 aliphatic rings. The smallest absolute Gasteiger partial charge is 0.270 e. The predicted molar refractivity (Wildman–Crippen MR) is 115 cm³/mol. The van der Waals surface area contributed by atoms with Gasteiger partial charge in [0, 0.05) is 24.5 Å². The average molecular weight is 390 g/mol. The molecule has 0 radical (unpaired) electrons. The fourth-order valence-electron chi connectivity index (χ4n) is 3.04. The van der Waals surface area contributed by atoms with Crippen LogP contribution in [0.15, 0.2) is 54.6 Å². The monoisotopic (exact) mass is 390 g/mol. The normalized spacial score (nSPS) is 10.5. The van der Waals surface area contributed by atoms with Gasteiger partial charge in [0.05, 0.1) is 7.11 Å². The van der Waals surface area contributed by atoms with Crippen LogP contribution >= 0.6 is 0 Å². The fourth-order valence-corrected chi connectivity index (χ4v) is 3.04. The van der Waals surface area contributed by atoms with E-state index < -0.39 is 0 Å². The van der Waals surface area contributed by atoms with Gasteiger partial charge < -0.3 is 15.0 Å². The van der Waals surface area contributed by atoms with Gasteiger partial charge in [-0.25, -0.2) is 9.97 Å². The van der Waals surface area contributed by atoms with E-state index in [1.807, 2.05) is 68.1 Å². The number of aromatic nitrogens is 2. The summed E-state index contributed by atoms with van der Waals surface area (Å²) in [5.41, 5.74) is 4.25. The van der Waals surface area contributed by atoms with Crippen LogP contribution in [-0.2, 0) is 6.54 Å². The van der Waals surface area contributed by atoms with Gasteiger partial charge in [-0.3, -0.25) is 4.79 Å². The minimum Gasteiger partial charge on any atom is -0.497 e. The Balaban J connectivity index is 1.79. The molecule has 1 N–H and O–H groups in total. The van der Waals surface area contributed by atoms with Crippen molar-refractivity contribution in [3.8, 4) is 5.75 Å². The standard InChI is InChI=1S/C23H26N4O2/c1-5-27(19-8-6-7-16(2)13-19)23-25-17(3)14-21(26-23)22(28)24-15-18-9-11-20(29-4)12-10-18/h6-14H,5,15H2,1-4H3,(H,24,28). The van der Waals surface area contributed by atoms with Crippen LogP contribution in [0.2, 0.25) is 0 Å². The number of nitrogens with one attached hydrogen (secondary N) is 1. The lowest BCUT2D eigenvalue weighted by Gasteiger charge is -2.22. The van der Waals surface area contributed by atoms with Crippen molar-refractivity contribution in [2.45, 2.75) is 27.3 Å². The second kappa shape index (κ2) is 9.19. The molecule has 1 amide bonds. The summed E-state index contributed by atoms with van der Waals surface area (Å²) < 4.78 is 5.16. The van der Waals surface area contributed by atoms with Crippen LogP contribution in [0.4, 0.5) is 11.6 Å². The van der Waals surface area contributed by atoms with Gasteiger partial charge in [-0.2, -0.15) is 0 Å². The van der Waals surface area contributed by atoms with Gasteiger partial charge in [0.15, 0.2) is 0 Å². The Hall–Kier alpha value is -3.41. The Bertz CT molecular complexity index is 986. The first-order chi connectivity index (χ1) is 14.0. The van der Waals surface area contributed by atoms with E-state index in [1.54, 1.807) is 13.2 Å².